The summed E-state index contributed by atoms with van der Waals surface area (Å²) in [5.74, 6) is -1.27. The zero-order valence-corrected chi connectivity index (χ0v) is 17.1. The predicted molar refractivity (Wildman–Crippen MR) is 114 cm³/mol. The summed E-state index contributed by atoms with van der Waals surface area (Å²) in [6, 6.07) is 8.95. The van der Waals surface area contributed by atoms with Gasteiger partial charge >= 0.3 is 11.9 Å². The van der Waals surface area contributed by atoms with Gasteiger partial charge in [-0.25, -0.2) is 9.59 Å². The van der Waals surface area contributed by atoms with Crippen molar-refractivity contribution in [3.8, 4) is 0 Å². The van der Waals surface area contributed by atoms with Gasteiger partial charge in [0.05, 0.1) is 23.3 Å². The Hall–Kier alpha value is -3.25. The van der Waals surface area contributed by atoms with E-state index in [0.29, 0.717) is 16.1 Å². The monoisotopic (exact) mass is 412 g/mol. The summed E-state index contributed by atoms with van der Waals surface area (Å²) in [4.78, 5) is 28.5. The number of halogens is 1. The zero-order chi connectivity index (χ0) is 21.1. The third-order valence-electron chi connectivity index (χ3n) is 4.81. The minimum absolute atomic E-state index is 0.402. The number of rotatable bonds is 3. The maximum Gasteiger partial charge on any atom is 0.339 e. The second-order valence-corrected chi connectivity index (χ2v) is 6.88. The largest absolute Gasteiger partial charge is 0.478 e. The molecule has 7 heteroatoms. The van der Waals surface area contributed by atoms with Gasteiger partial charge in [-0.05, 0) is 54.8 Å². The second kappa shape index (κ2) is 8.41. The van der Waals surface area contributed by atoms with E-state index in [4.69, 9.17) is 16.7 Å². The van der Waals surface area contributed by atoms with Crippen LogP contribution in [0, 0.1) is 6.92 Å². The standard InChI is InChI=1S/C11H10ClNO2.C11H11NO2/c1-6-5-8(11(14)15-2)9(12)7-3-4-13-10(6)7;1-2-7-8-5-6-12-10(8)4-3-9(7)11(13)14/h3-5,13H,1-2H3;3-6,12H,2H2,1H3,(H,13,14). The molecule has 0 amide bonds. The number of nitrogens with one attached hydrogen (secondary N) is 2. The van der Waals surface area contributed by atoms with Crippen molar-refractivity contribution in [1.82, 2.24) is 9.97 Å². The van der Waals surface area contributed by atoms with Crippen molar-refractivity contribution in [1.29, 1.82) is 0 Å². The molecule has 0 spiro atoms. The third kappa shape index (κ3) is 3.84. The van der Waals surface area contributed by atoms with Gasteiger partial charge in [-0.15, -0.1) is 0 Å². The summed E-state index contributed by atoms with van der Waals surface area (Å²) in [5.41, 5.74) is 4.62. The lowest BCUT2D eigenvalue weighted by Gasteiger charge is -2.05. The highest BCUT2D eigenvalue weighted by molar-refractivity contribution is 6.38. The van der Waals surface area contributed by atoms with E-state index in [9.17, 15) is 9.59 Å². The van der Waals surface area contributed by atoms with Crippen LogP contribution in [0.2, 0.25) is 5.02 Å². The number of carbonyl (C=O) groups is 2. The van der Waals surface area contributed by atoms with Gasteiger partial charge in [0.25, 0.3) is 0 Å². The van der Waals surface area contributed by atoms with E-state index in [2.05, 4.69) is 14.7 Å². The molecule has 0 aliphatic carbocycles. The van der Waals surface area contributed by atoms with E-state index in [1.54, 1.807) is 24.4 Å². The Bertz CT molecular complexity index is 1210. The minimum atomic E-state index is -0.857. The summed E-state index contributed by atoms with van der Waals surface area (Å²) in [6.45, 7) is 3.88. The first-order valence-corrected chi connectivity index (χ1v) is 9.43. The number of carbonyl (C=O) groups excluding carboxylic acids is 1. The van der Waals surface area contributed by atoms with Gasteiger partial charge in [0.15, 0.2) is 0 Å². The van der Waals surface area contributed by atoms with Crippen LogP contribution in [0.5, 0.6) is 0 Å². The Kier molecular flexibility index (Phi) is 5.94. The molecule has 2 aromatic carbocycles. The van der Waals surface area contributed by atoms with E-state index >= 15 is 0 Å². The number of hydrogen-bond acceptors (Lipinski definition) is 3. The molecule has 150 valence electrons. The lowest BCUT2D eigenvalue weighted by molar-refractivity contribution is 0.0600. The van der Waals surface area contributed by atoms with Gasteiger partial charge < -0.3 is 19.8 Å². The number of esters is 1. The molecule has 0 bridgehead atoms. The fraction of sp³-hybridized carbons (Fsp3) is 0.182. The molecule has 4 aromatic rings. The van der Waals surface area contributed by atoms with Crippen molar-refractivity contribution in [2.24, 2.45) is 0 Å². The summed E-state index contributed by atoms with van der Waals surface area (Å²) >= 11 is 6.11. The van der Waals surface area contributed by atoms with Crippen molar-refractivity contribution >= 4 is 45.3 Å². The Balaban J connectivity index is 0.000000166. The van der Waals surface area contributed by atoms with Crippen molar-refractivity contribution < 1.29 is 19.4 Å². The van der Waals surface area contributed by atoms with Crippen LogP contribution >= 0.6 is 11.6 Å². The zero-order valence-electron chi connectivity index (χ0n) is 16.3. The van der Waals surface area contributed by atoms with Gasteiger partial charge in [-0.3, -0.25) is 0 Å². The summed E-state index contributed by atoms with van der Waals surface area (Å²) in [6.07, 6.45) is 4.36. The van der Waals surface area contributed by atoms with Gasteiger partial charge in [0.1, 0.15) is 0 Å². The molecule has 0 saturated carbocycles. The quantitative estimate of drug-likeness (QED) is 0.395. The maximum atomic E-state index is 11.4. The molecule has 0 aliphatic heterocycles. The van der Waals surface area contributed by atoms with E-state index in [1.807, 2.05) is 32.2 Å². The minimum Gasteiger partial charge on any atom is -0.478 e. The average Bonchev–Trinajstić information content (AvgIpc) is 3.39. The van der Waals surface area contributed by atoms with Gasteiger partial charge in [-0.1, -0.05) is 18.5 Å². The third-order valence-corrected chi connectivity index (χ3v) is 5.22. The average molecular weight is 413 g/mol. The highest BCUT2D eigenvalue weighted by Gasteiger charge is 2.15. The lowest BCUT2D eigenvalue weighted by Crippen LogP contribution is -2.02. The molecular weight excluding hydrogens is 392 g/mol. The maximum absolute atomic E-state index is 11.4. The number of H-pyrrole nitrogens is 2. The number of fused-ring (bicyclic) bond motifs is 2. The second-order valence-electron chi connectivity index (χ2n) is 6.50. The number of aromatic amines is 2. The fourth-order valence-electron chi connectivity index (χ4n) is 3.41. The molecule has 3 N–H and O–H groups in total. The Morgan fingerprint density at radius 2 is 1.76 bits per heavy atom. The summed E-state index contributed by atoms with van der Waals surface area (Å²) < 4.78 is 4.66. The summed E-state index contributed by atoms with van der Waals surface area (Å²) in [5, 5.41) is 11.3. The van der Waals surface area contributed by atoms with E-state index in [1.165, 1.54) is 7.11 Å². The van der Waals surface area contributed by atoms with Gasteiger partial charge in [-0.2, -0.15) is 0 Å². The number of carboxylic acid groups (broad SMARTS) is 1. The number of aromatic carboxylic acids is 1. The molecule has 6 nitrogen and oxygen atoms in total. The number of methoxy groups -OCH3 is 1. The molecule has 29 heavy (non-hydrogen) atoms. The topological polar surface area (TPSA) is 95.2 Å². The summed E-state index contributed by atoms with van der Waals surface area (Å²) in [7, 11) is 1.34. The Labute approximate surface area is 172 Å². The van der Waals surface area contributed by atoms with Crippen LogP contribution in [0.15, 0.2) is 42.7 Å². The van der Waals surface area contributed by atoms with Crippen LogP contribution in [-0.4, -0.2) is 34.1 Å². The highest BCUT2D eigenvalue weighted by Crippen LogP contribution is 2.29. The van der Waals surface area contributed by atoms with Crippen molar-refractivity contribution in [2.45, 2.75) is 20.3 Å². The van der Waals surface area contributed by atoms with E-state index in [-0.39, 0.29) is 0 Å². The number of hydrogen-bond donors (Lipinski definition) is 3. The first kappa shape index (κ1) is 20.5. The first-order valence-electron chi connectivity index (χ1n) is 9.05. The predicted octanol–water partition coefficient (Wildman–Crippen LogP) is 5.34. The van der Waals surface area contributed by atoms with Crippen molar-refractivity contribution in [2.75, 3.05) is 7.11 Å². The number of aromatic nitrogens is 2. The SMILES string of the molecule is CCc1c(C(=O)O)ccc2[nH]ccc12.COC(=O)c1cc(C)c2[nH]ccc2c1Cl. The molecular formula is C22H21ClN2O4. The van der Waals surface area contributed by atoms with Crippen molar-refractivity contribution in [3.05, 3.63) is 70.0 Å². The smallest absolute Gasteiger partial charge is 0.339 e. The highest BCUT2D eigenvalue weighted by atomic mass is 35.5. The van der Waals surface area contributed by atoms with Crippen LogP contribution in [0.4, 0.5) is 0 Å². The van der Waals surface area contributed by atoms with Gasteiger partial charge in [0.2, 0.25) is 0 Å². The normalized spacial score (nSPS) is 10.6. The number of aryl methyl sites for hydroxylation is 2. The molecule has 0 radical (unpaired) electrons. The molecule has 0 fully saturated rings. The first-order chi connectivity index (χ1) is 13.9. The lowest BCUT2D eigenvalue weighted by atomic mass is 10.0. The van der Waals surface area contributed by atoms with Crippen LogP contribution in [0.3, 0.4) is 0 Å². The van der Waals surface area contributed by atoms with E-state index < -0.39 is 11.9 Å². The molecule has 0 saturated heterocycles. The number of ether oxygens (including phenoxy) is 1. The fourth-order valence-corrected chi connectivity index (χ4v) is 3.70. The van der Waals surface area contributed by atoms with Crippen LogP contribution in [0.1, 0.15) is 38.8 Å². The van der Waals surface area contributed by atoms with Crippen LogP contribution in [0.25, 0.3) is 21.8 Å². The number of benzene rings is 2. The van der Waals surface area contributed by atoms with Crippen LogP contribution in [-0.2, 0) is 11.2 Å². The molecule has 2 aromatic heterocycles. The van der Waals surface area contributed by atoms with Gasteiger partial charge in [0, 0.05) is 34.2 Å². The van der Waals surface area contributed by atoms with Crippen molar-refractivity contribution in [3.63, 3.8) is 0 Å². The molecule has 2 heterocycles. The van der Waals surface area contributed by atoms with Crippen LogP contribution < -0.4 is 0 Å². The Morgan fingerprint density at radius 1 is 1.07 bits per heavy atom. The number of carboxylic acids is 1. The molecule has 0 unspecified atom stereocenters. The molecule has 0 atom stereocenters. The van der Waals surface area contributed by atoms with E-state index in [0.717, 1.165) is 39.4 Å². The molecule has 0 aliphatic rings. The Morgan fingerprint density at radius 3 is 2.41 bits per heavy atom. The molecule has 4 rings (SSSR count).